The number of hydrogen-bond donors (Lipinski definition) is 2. The van der Waals surface area contributed by atoms with Gasteiger partial charge in [-0.15, -0.1) is 11.3 Å². The van der Waals surface area contributed by atoms with Gasteiger partial charge in [0, 0.05) is 4.88 Å². The van der Waals surface area contributed by atoms with E-state index in [9.17, 15) is 9.59 Å². The van der Waals surface area contributed by atoms with Crippen molar-refractivity contribution < 1.29 is 14.3 Å². The third-order valence-corrected chi connectivity index (χ3v) is 3.97. The Morgan fingerprint density at radius 3 is 2.63 bits per heavy atom. The summed E-state index contributed by atoms with van der Waals surface area (Å²) in [6.07, 6.45) is 0.128. The van der Waals surface area contributed by atoms with Gasteiger partial charge in [-0.05, 0) is 32.3 Å². The largest absolute Gasteiger partial charge is 0.469 e. The lowest BCUT2D eigenvalue weighted by Crippen LogP contribution is -2.52. The zero-order chi connectivity index (χ0) is 14.5. The number of hydrogen-bond acceptors (Lipinski definition) is 5. The van der Waals surface area contributed by atoms with Crippen molar-refractivity contribution in [1.29, 1.82) is 0 Å². The Bertz CT molecular complexity index is 429. The predicted molar refractivity (Wildman–Crippen MR) is 75.0 cm³/mol. The van der Waals surface area contributed by atoms with Crippen molar-refractivity contribution in [2.75, 3.05) is 14.2 Å². The number of carbonyl (C=O) groups is 2. The van der Waals surface area contributed by atoms with Crippen LogP contribution in [0.4, 0.5) is 0 Å². The van der Waals surface area contributed by atoms with Crippen LogP contribution in [0.25, 0.3) is 0 Å². The van der Waals surface area contributed by atoms with Gasteiger partial charge in [-0.3, -0.25) is 9.59 Å². The SMILES string of the molecule is CNC(C)(C)C(=O)NC(CC(=O)OC)c1cccs1. The van der Waals surface area contributed by atoms with Crippen molar-refractivity contribution in [3.8, 4) is 0 Å². The van der Waals surface area contributed by atoms with Gasteiger partial charge in [-0.25, -0.2) is 0 Å². The molecule has 0 aliphatic carbocycles. The molecule has 106 valence electrons. The minimum Gasteiger partial charge on any atom is -0.469 e. The zero-order valence-electron chi connectivity index (χ0n) is 11.6. The Hall–Kier alpha value is -1.40. The molecule has 1 unspecified atom stereocenters. The molecule has 19 heavy (non-hydrogen) atoms. The smallest absolute Gasteiger partial charge is 0.307 e. The summed E-state index contributed by atoms with van der Waals surface area (Å²) in [6, 6.07) is 3.43. The maximum atomic E-state index is 12.2. The molecule has 1 heterocycles. The molecule has 0 fully saturated rings. The first-order valence-corrected chi connectivity index (χ1v) is 6.88. The molecule has 1 aromatic heterocycles. The van der Waals surface area contributed by atoms with E-state index in [0.29, 0.717) is 0 Å². The molecule has 2 N–H and O–H groups in total. The molecule has 1 atom stereocenters. The normalized spacial score (nSPS) is 12.8. The first kappa shape index (κ1) is 15.7. The highest BCUT2D eigenvalue weighted by atomic mass is 32.1. The molecular weight excluding hydrogens is 264 g/mol. The first-order valence-electron chi connectivity index (χ1n) is 6.00. The van der Waals surface area contributed by atoms with E-state index in [1.165, 1.54) is 18.4 Å². The highest BCUT2D eigenvalue weighted by molar-refractivity contribution is 7.10. The zero-order valence-corrected chi connectivity index (χ0v) is 12.5. The third-order valence-electron chi connectivity index (χ3n) is 2.98. The van der Waals surface area contributed by atoms with Crippen LogP contribution >= 0.6 is 11.3 Å². The molecule has 0 spiro atoms. The van der Waals surface area contributed by atoms with Gasteiger partial charge in [0.15, 0.2) is 0 Å². The maximum absolute atomic E-state index is 12.2. The Labute approximate surface area is 117 Å². The lowest BCUT2D eigenvalue weighted by molar-refractivity contribution is -0.141. The average molecular weight is 284 g/mol. The second-order valence-corrected chi connectivity index (χ2v) is 5.68. The highest BCUT2D eigenvalue weighted by Gasteiger charge is 2.29. The quantitative estimate of drug-likeness (QED) is 0.776. The van der Waals surface area contributed by atoms with E-state index in [-0.39, 0.29) is 24.3 Å². The van der Waals surface area contributed by atoms with Crippen LogP contribution in [0.15, 0.2) is 17.5 Å². The summed E-state index contributed by atoms with van der Waals surface area (Å²) in [5.74, 6) is -0.502. The molecule has 0 aliphatic rings. The van der Waals surface area contributed by atoms with Crippen molar-refractivity contribution in [2.24, 2.45) is 0 Å². The average Bonchev–Trinajstić information content (AvgIpc) is 2.91. The fourth-order valence-corrected chi connectivity index (χ4v) is 2.19. The summed E-state index contributed by atoms with van der Waals surface area (Å²) < 4.78 is 4.67. The van der Waals surface area contributed by atoms with Crippen LogP contribution in [0.2, 0.25) is 0 Å². The number of carbonyl (C=O) groups excluding carboxylic acids is 2. The van der Waals surface area contributed by atoms with Gasteiger partial charge < -0.3 is 15.4 Å². The van der Waals surface area contributed by atoms with Gasteiger partial charge in [0.2, 0.25) is 5.91 Å². The topological polar surface area (TPSA) is 67.4 Å². The van der Waals surface area contributed by atoms with E-state index in [4.69, 9.17) is 0 Å². The van der Waals surface area contributed by atoms with E-state index in [1.54, 1.807) is 20.9 Å². The third kappa shape index (κ3) is 4.33. The van der Waals surface area contributed by atoms with Crippen LogP contribution in [0.3, 0.4) is 0 Å². The van der Waals surface area contributed by atoms with Gasteiger partial charge in [0.25, 0.3) is 0 Å². The monoisotopic (exact) mass is 284 g/mol. The van der Waals surface area contributed by atoms with Crippen molar-refractivity contribution in [2.45, 2.75) is 31.8 Å². The number of ether oxygens (including phenoxy) is 1. The van der Waals surface area contributed by atoms with Crippen molar-refractivity contribution in [3.05, 3.63) is 22.4 Å². The van der Waals surface area contributed by atoms with Gasteiger partial charge in [-0.1, -0.05) is 6.07 Å². The standard InChI is InChI=1S/C13H20N2O3S/c1-13(2,14-3)12(17)15-9(8-11(16)18-4)10-6-5-7-19-10/h5-7,9,14H,8H2,1-4H3,(H,15,17). The number of likely N-dealkylation sites (N-methyl/N-ethyl adjacent to an activating group) is 1. The summed E-state index contributed by atoms with van der Waals surface area (Å²) in [6.45, 7) is 3.57. The summed E-state index contributed by atoms with van der Waals surface area (Å²) in [7, 11) is 3.06. The lowest BCUT2D eigenvalue weighted by Gasteiger charge is -2.26. The Balaban J connectivity index is 2.81. The van der Waals surface area contributed by atoms with E-state index < -0.39 is 5.54 Å². The van der Waals surface area contributed by atoms with Crippen LogP contribution in [0, 0.1) is 0 Å². The number of thiophene rings is 1. The van der Waals surface area contributed by atoms with Gasteiger partial charge in [0.05, 0.1) is 25.1 Å². The summed E-state index contributed by atoms with van der Waals surface area (Å²) in [4.78, 5) is 24.5. The molecule has 1 amide bonds. The van der Waals surface area contributed by atoms with Gasteiger partial charge >= 0.3 is 5.97 Å². The van der Waals surface area contributed by atoms with Crippen molar-refractivity contribution in [1.82, 2.24) is 10.6 Å². The minimum atomic E-state index is -0.689. The second kappa shape index (κ2) is 6.68. The van der Waals surface area contributed by atoms with E-state index >= 15 is 0 Å². The second-order valence-electron chi connectivity index (χ2n) is 4.70. The molecule has 5 nitrogen and oxygen atoms in total. The molecule has 0 saturated heterocycles. The van der Waals surface area contributed by atoms with Gasteiger partial charge in [0.1, 0.15) is 0 Å². The van der Waals surface area contributed by atoms with E-state index in [0.717, 1.165) is 4.88 Å². The predicted octanol–water partition coefficient (Wildman–Crippen LogP) is 1.47. The number of nitrogens with one attached hydrogen (secondary N) is 2. The molecule has 0 bridgehead atoms. The molecule has 0 aliphatic heterocycles. The Morgan fingerprint density at radius 1 is 1.47 bits per heavy atom. The number of methoxy groups -OCH3 is 1. The molecular formula is C13H20N2O3S. The van der Waals surface area contributed by atoms with Crippen LogP contribution < -0.4 is 10.6 Å². The Morgan fingerprint density at radius 2 is 2.16 bits per heavy atom. The van der Waals surface area contributed by atoms with E-state index in [1.807, 2.05) is 17.5 Å². The molecule has 6 heteroatoms. The fraction of sp³-hybridized carbons (Fsp3) is 0.538. The maximum Gasteiger partial charge on any atom is 0.307 e. The van der Waals surface area contributed by atoms with Crippen LogP contribution in [-0.2, 0) is 14.3 Å². The minimum absolute atomic E-state index is 0.128. The lowest BCUT2D eigenvalue weighted by atomic mass is 10.0. The highest BCUT2D eigenvalue weighted by Crippen LogP contribution is 2.23. The van der Waals surface area contributed by atoms with Crippen LogP contribution in [0.1, 0.15) is 31.2 Å². The molecule has 0 radical (unpaired) electrons. The van der Waals surface area contributed by atoms with Crippen LogP contribution in [0.5, 0.6) is 0 Å². The number of esters is 1. The molecule has 1 rings (SSSR count). The molecule has 0 saturated carbocycles. The molecule has 0 aromatic carbocycles. The van der Waals surface area contributed by atoms with E-state index in [2.05, 4.69) is 15.4 Å². The first-order chi connectivity index (χ1) is 8.90. The number of amides is 1. The fourth-order valence-electron chi connectivity index (χ4n) is 1.41. The number of rotatable bonds is 6. The summed E-state index contributed by atoms with van der Waals surface area (Å²) in [5.41, 5.74) is -0.689. The Kier molecular flexibility index (Phi) is 5.50. The van der Waals surface area contributed by atoms with Gasteiger partial charge in [-0.2, -0.15) is 0 Å². The van der Waals surface area contributed by atoms with Crippen molar-refractivity contribution >= 4 is 23.2 Å². The summed E-state index contributed by atoms with van der Waals surface area (Å²) in [5, 5.41) is 7.73. The summed E-state index contributed by atoms with van der Waals surface area (Å²) >= 11 is 1.50. The molecule has 1 aromatic rings. The van der Waals surface area contributed by atoms with Crippen molar-refractivity contribution in [3.63, 3.8) is 0 Å². The van der Waals surface area contributed by atoms with Crippen LogP contribution in [-0.4, -0.2) is 31.6 Å².